The van der Waals surface area contributed by atoms with Crippen LogP contribution in [0.1, 0.15) is 5.56 Å². The molecular weight excluding hydrogens is 389 g/mol. The molecule has 2 N–H and O–H groups in total. The number of nitrogens with zero attached hydrogens (tertiary/aromatic N) is 1. The SMILES string of the molecule is Nc1c(Br)cnc(-c2ccc(C(F)(F)F)cc2)c1Br. The molecule has 0 bridgehead atoms. The summed E-state index contributed by atoms with van der Waals surface area (Å²) in [5.74, 6) is 0. The second kappa shape index (κ2) is 5.13. The van der Waals surface area contributed by atoms with Crippen molar-refractivity contribution in [1.29, 1.82) is 0 Å². The first-order chi connectivity index (χ1) is 8.80. The van der Waals surface area contributed by atoms with Crippen molar-refractivity contribution in [3.05, 3.63) is 45.0 Å². The van der Waals surface area contributed by atoms with Crippen LogP contribution in [0, 0.1) is 0 Å². The zero-order valence-electron chi connectivity index (χ0n) is 9.30. The topological polar surface area (TPSA) is 38.9 Å². The quantitative estimate of drug-likeness (QED) is 0.747. The van der Waals surface area contributed by atoms with Gasteiger partial charge in [-0.25, -0.2) is 0 Å². The maximum atomic E-state index is 12.5. The molecule has 19 heavy (non-hydrogen) atoms. The zero-order chi connectivity index (χ0) is 14.2. The average molecular weight is 396 g/mol. The second-order valence-corrected chi connectivity index (χ2v) is 5.40. The van der Waals surface area contributed by atoms with E-state index in [4.69, 9.17) is 5.73 Å². The molecule has 0 aliphatic heterocycles. The fourth-order valence-electron chi connectivity index (χ4n) is 1.50. The molecule has 100 valence electrons. The fourth-order valence-corrected chi connectivity index (χ4v) is 2.61. The highest BCUT2D eigenvalue weighted by molar-refractivity contribution is 9.11. The molecule has 0 fully saturated rings. The van der Waals surface area contributed by atoms with Gasteiger partial charge in [-0.1, -0.05) is 12.1 Å². The van der Waals surface area contributed by atoms with Crippen LogP contribution in [0.3, 0.4) is 0 Å². The van der Waals surface area contributed by atoms with Crippen LogP contribution in [0.25, 0.3) is 11.3 Å². The summed E-state index contributed by atoms with van der Waals surface area (Å²) in [5.41, 5.74) is 6.61. The highest BCUT2D eigenvalue weighted by atomic mass is 79.9. The van der Waals surface area contributed by atoms with Crippen LogP contribution >= 0.6 is 31.9 Å². The summed E-state index contributed by atoms with van der Waals surface area (Å²) in [7, 11) is 0. The van der Waals surface area contributed by atoms with Gasteiger partial charge in [0.25, 0.3) is 0 Å². The lowest BCUT2D eigenvalue weighted by Gasteiger charge is -2.10. The molecule has 0 aliphatic rings. The van der Waals surface area contributed by atoms with Crippen LogP contribution in [0.4, 0.5) is 18.9 Å². The molecule has 0 atom stereocenters. The predicted octanol–water partition coefficient (Wildman–Crippen LogP) is 4.87. The van der Waals surface area contributed by atoms with Gasteiger partial charge >= 0.3 is 6.18 Å². The van der Waals surface area contributed by atoms with E-state index >= 15 is 0 Å². The Bertz CT molecular complexity index is 610. The van der Waals surface area contributed by atoms with Gasteiger partial charge in [0.1, 0.15) is 0 Å². The Morgan fingerprint density at radius 1 is 1.05 bits per heavy atom. The summed E-state index contributed by atoms with van der Waals surface area (Å²) in [5, 5.41) is 0. The number of alkyl halides is 3. The van der Waals surface area contributed by atoms with Crippen molar-refractivity contribution in [3.8, 4) is 11.3 Å². The van der Waals surface area contributed by atoms with Crippen LogP contribution in [-0.2, 0) is 6.18 Å². The number of halogens is 5. The van der Waals surface area contributed by atoms with E-state index in [9.17, 15) is 13.2 Å². The monoisotopic (exact) mass is 394 g/mol. The lowest BCUT2D eigenvalue weighted by Crippen LogP contribution is -2.04. The van der Waals surface area contributed by atoms with Crippen LogP contribution < -0.4 is 5.73 Å². The van der Waals surface area contributed by atoms with E-state index in [1.54, 1.807) is 0 Å². The molecule has 0 radical (unpaired) electrons. The maximum absolute atomic E-state index is 12.5. The molecule has 0 saturated carbocycles. The Hall–Kier alpha value is -1.08. The van der Waals surface area contributed by atoms with Crippen molar-refractivity contribution in [2.24, 2.45) is 0 Å². The second-order valence-electron chi connectivity index (χ2n) is 3.76. The van der Waals surface area contributed by atoms with Crippen molar-refractivity contribution in [2.75, 3.05) is 5.73 Å². The molecule has 0 saturated heterocycles. The number of nitrogen functional groups attached to an aromatic ring is 1. The molecule has 1 heterocycles. The smallest absolute Gasteiger partial charge is 0.397 e. The third-order valence-electron chi connectivity index (χ3n) is 2.49. The molecule has 1 aromatic heterocycles. The lowest BCUT2D eigenvalue weighted by atomic mass is 10.1. The molecule has 2 aromatic rings. The van der Waals surface area contributed by atoms with Crippen LogP contribution in [0.2, 0.25) is 0 Å². The van der Waals surface area contributed by atoms with Gasteiger partial charge in [0, 0.05) is 11.8 Å². The third kappa shape index (κ3) is 2.92. The molecule has 2 nitrogen and oxygen atoms in total. The van der Waals surface area contributed by atoms with Crippen molar-refractivity contribution in [1.82, 2.24) is 4.98 Å². The van der Waals surface area contributed by atoms with Crippen LogP contribution in [0.15, 0.2) is 39.4 Å². The lowest BCUT2D eigenvalue weighted by molar-refractivity contribution is -0.137. The van der Waals surface area contributed by atoms with Gasteiger partial charge in [-0.15, -0.1) is 0 Å². The van der Waals surface area contributed by atoms with Crippen LogP contribution in [-0.4, -0.2) is 4.98 Å². The highest BCUT2D eigenvalue weighted by Crippen LogP contribution is 2.36. The minimum atomic E-state index is -4.35. The predicted molar refractivity (Wildman–Crippen MR) is 74.5 cm³/mol. The first kappa shape index (κ1) is 14.3. The minimum Gasteiger partial charge on any atom is -0.397 e. The fraction of sp³-hybridized carbons (Fsp3) is 0.0833. The Morgan fingerprint density at radius 3 is 2.16 bits per heavy atom. The van der Waals surface area contributed by atoms with E-state index in [2.05, 4.69) is 36.8 Å². The summed E-state index contributed by atoms with van der Waals surface area (Å²) < 4.78 is 38.6. The van der Waals surface area contributed by atoms with E-state index in [-0.39, 0.29) is 0 Å². The third-order valence-corrected chi connectivity index (χ3v) is 3.93. The molecule has 1 aromatic carbocycles. The average Bonchev–Trinajstić information content (AvgIpc) is 2.35. The van der Waals surface area contributed by atoms with E-state index in [0.29, 0.717) is 25.9 Å². The van der Waals surface area contributed by atoms with Gasteiger partial charge in [-0.2, -0.15) is 13.2 Å². The molecule has 0 aliphatic carbocycles. The molecule has 2 rings (SSSR count). The van der Waals surface area contributed by atoms with Gasteiger partial charge in [0.05, 0.1) is 25.9 Å². The number of nitrogens with two attached hydrogens (primary N) is 1. The Kier molecular flexibility index (Phi) is 3.87. The van der Waals surface area contributed by atoms with Crippen LogP contribution in [0.5, 0.6) is 0 Å². The Morgan fingerprint density at radius 2 is 1.63 bits per heavy atom. The van der Waals surface area contributed by atoms with Gasteiger partial charge in [0.15, 0.2) is 0 Å². The first-order valence-corrected chi connectivity index (χ1v) is 6.66. The normalized spacial score (nSPS) is 11.6. The Labute approximate surface area is 124 Å². The van der Waals surface area contributed by atoms with Crippen molar-refractivity contribution >= 4 is 37.5 Å². The highest BCUT2D eigenvalue weighted by Gasteiger charge is 2.30. The first-order valence-electron chi connectivity index (χ1n) is 5.08. The molecule has 0 unspecified atom stereocenters. The van der Waals surface area contributed by atoms with Gasteiger partial charge in [-0.3, -0.25) is 4.98 Å². The van der Waals surface area contributed by atoms with E-state index in [1.165, 1.54) is 18.3 Å². The van der Waals surface area contributed by atoms with Gasteiger partial charge in [0.2, 0.25) is 0 Å². The van der Waals surface area contributed by atoms with E-state index < -0.39 is 11.7 Å². The number of hydrogen-bond acceptors (Lipinski definition) is 2. The minimum absolute atomic E-state index is 0.449. The molecule has 7 heteroatoms. The summed E-state index contributed by atoms with van der Waals surface area (Å²) in [6, 6.07) is 4.76. The molecule has 0 amide bonds. The summed E-state index contributed by atoms with van der Waals surface area (Å²) >= 11 is 6.51. The molecule has 0 spiro atoms. The van der Waals surface area contributed by atoms with Crippen molar-refractivity contribution in [3.63, 3.8) is 0 Å². The van der Waals surface area contributed by atoms with E-state index in [0.717, 1.165) is 12.1 Å². The maximum Gasteiger partial charge on any atom is 0.416 e. The summed E-state index contributed by atoms with van der Waals surface area (Å²) in [6.07, 6.45) is -2.84. The Balaban J connectivity index is 2.46. The zero-order valence-corrected chi connectivity index (χ0v) is 12.5. The number of aromatic nitrogens is 1. The number of benzene rings is 1. The number of pyridine rings is 1. The van der Waals surface area contributed by atoms with Gasteiger partial charge < -0.3 is 5.73 Å². The number of hydrogen-bond donors (Lipinski definition) is 1. The number of anilines is 1. The summed E-state index contributed by atoms with van der Waals surface area (Å²) in [4.78, 5) is 4.15. The van der Waals surface area contributed by atoms with Gasteiger partial charge in [-0.05, 0) is 44.0 Å². The number of rotatable bonds is 1. The largest absolute Gasteiger partial charge is 0.416 e. The van der Waals surface area contributed by atoms with Crippen molar-refractivity contribution in [2.45, 2.75) is 6.18 Å². The standard InChI is InChI=1S/C12H7Br2F3N2/c13-8-5-19-11(9(14)10(8)18)6-1-3-7(4-2-6)12(15,16)17/h1-5H,(H2,18,19). The van der Waals surface area contributed by atoms with E-state index in [1.807, 2.05) is 0 Å². The van der Waals surface area contributed by atoms with Crippen molar-refractivity contribution < 1.29 is 13.2 Å². The summed E-state index contributed by atoms with van der Waals surface area (Å²) in [6.45, 7) is 0. The molecular formula is C12H7Br2F3N2.